The first-order chi connectivity index (χ1) is 4.33. The van der Waals surface area contributed by atoms with Gasteiger partial charge in [0.25, 0.3) is 16.6 Å². The van der Waals surface area contributed by atoms with E-state index in [1.54, 1.807) is 0 Å². The van der Waals surface area contributed by atoms with Gasteiger partial charge in [0.1, 0.15) is 0 Å². The normalized spacial score (nSPS) is 15.7. The van der Waals surface area contributed by atoms with E-state index in [-0.39, 0.29) is 0 Å². The minimum atomic E-state index is -4.37. The van der Waals surface area contributed by atoms with E-state index in [2.05, 4.69) is 5.14 Å². The Kier molecular flexibility index (Phi) is 3.06. The van der Waals surface area contributed by atoms with Crippen molar-refractivity contribution in [2.75, 3.05) is 0 Å². The Bertz CT molecular complexity index is 191. The molecule has 0 aliphatic rings. The summed E-state index contributed by atoms with van der Waals surface area (Å²) in [5.74, 6) is 0. The van der Waals surface area contributed by atoms with E-state index in [0.717, 1.165) is 4.72 Å². The fourth-order valence-corrected chi connectivity index (χ4v) is 0.625. The molecule has 3 N–H and O–H groups in total. The summed E-state index contributed by atoms with van der Waals surface area (Å²) in [5.41, 5.74) is 0. The average Bonchev–Trinajstić information content (AvgIpc) is 1.60. The van der Waals surface area contributed by atoms with Gasteiger partial charge >= 0.3 is 0 Å². The van der Waals surface area contributed by atoms with Crippen molar-refractivity contribution >= 4 is 10.2 Å². The largest absolute Gasteiger partial charge is 0.283 e. The van der Waals surface area contributed by atoms with Crippen molar-refractivity contribution in [2.24, 2.45) is 5.14 Å². The molecule has 0 saturated heterocycles. The lowest BCUT2D eigenvalue weighted by Crippen LogP contribution is -2.40. The molecule has 0 rings (SSSR count). The number of alkyl halides is 3. The molecule has 4 nitrogen and oxygen atoms in total. The maximum atomic E-state index is 11.7. The number of nitrogens with two attached hydrogens (primary N) is 1. The standard InChI is InChI=1S/C2H5F3N2O2S/c3-1(4)2(5)7-10(6,8)9/h1-2,7H,(H2,6,8,9). The van der Waals surface area contributed by atoms with Gasteiger partial charge in [0, 0.05) is 0 Å². The first-order valence-corrected chi connectivity index (χ1v) is 3.60. The average molecular weight is 178 g/mol. The van der Waals surface area contributed by atoms with Gasteiger partial charge in [-0.15, -0.1) is 0 Å². The third-order valence-corrected chi connectivity index (χ3v) is 1.05. The molecule has 0 amide bonds. The van der Waals surface area contributed by atoms with E-state index in [4.69, 9.17) is 0 Å². The zero-order chi connectivity index (χ0) is 8.36. The summed E-state index contributed by atoms with van der Waals surface area (Å²) < 4.78 is 54.6. The summed E-state index contributed by atoms with van der Waals surface area (Å²) in [6.07, 6.45) is -6.34. The van der Waals surface area contributed by atoms with Crippen molar-refractivity contribution in [3.8, 4) is 0 Å². The lowest BCUT2D eigenvalue weighted by atomic mass is 10.7. The van der Waals surface area contributed by atoms with Gasteiger partial charge in [-0.05, 0) is 0 Å². The molecule has 0 bridgehead atoms. The molecule has 0 aliphatic carbocycles. The number of halogens is 3. The topological polar surface area (TPSA) is 72.2 Å². The van der Waals surface area contributed by atoms with Gasteiger partial charge < -0.3 is 0 Å². The van der Waals surface area contributed by atoms with Crippen LogP contribution in [-0.2, 0) is 10.2 Å². The Morgan fingerprint density at radius 1 is 1.30 bits per heavy atom. The number of rotatable bonds is 3. The van der Waals surface area contributed by atoms with Crippen LogP contribution in [-0.4, -0.2) is 21.1 Å². The molecule has 0 saturated carbocycles. The molecule has 0 aliphatic heterocycles. The molecular formula is C2H5F3N2O2S. The monoisotopic (exact) mass is 178 g/mol. The molecule has 1 unspecified atom stereocenters. The molecule has 0 aromatic heterocycles. The SMILES string of the molecule is NS(=O)(=O)NC(F)C(F)F. The number of nitrogens with one attached hydrogen (secondary N) is 1. The van der Waals surface area contributed by atoms with Crippen molar-refractivity contribution in [1.82, 2.24) is 4.72 Å². The van der Waals surface area contributed by atoms with E-state index < -0.39 is 22.9 Å². The molecule has 0 heterocycles. The van der Waals surface area contributed by atoms with Gasteiger partial charge in [0.15, 0.2) is 0 Å². The Morgan fingerprint density at radius 3 is 1.80 bits per heavy atom. The van der Waals surface area contributed by atoms with Crippen LogP contribution in [0.15, 0.2) is 0 Å². The van der Waals surface area contributed by atoms with Crippen molar-refractivity contribution in [2.45, 2.75) is 12.7 Å². The first kappa shape index (κ1) is 9.66. The third-order valence-electron chi connectivity index (χ3n) is 0.498. The summed E-state index contributed by atoms with van der Waals surface area (Å²) in [6, 6.07) is 0. The summed E-state index contributed by atoms with van der Waals surface area (Å²) in [5, 5.41) is 4.16. The van der Waals surface area contributed by atoms with Gasteiger partial charge in [-0.1, -0.05) is 0 Å². The van der Waals surface area contributed by atoms with E-state index in [9.17, 15) is 21.6 Å². The van der Waals surface area contributed by atoms with Crippen LogP contribution in [0.3, 0.4) is 0 Å². The molecule has 0 aromatic rings. The zero-order valence-electron chi connectivity index (χ0n) is 4.59. The molecule has 62 valence electrons. The molecule has 10 heavy (non-hydrogen) atoms. The van der Waals surface area contributed by atoms with Gasteiger partial charge in [-0.25, -0.2) is 18.3 Å². The lowest BCUT2D eigenvalue weighted by molar-refractivity contribution is 0.0440. The second-order valence-electron chi connectivity index (χ2n) is 1.40. The van der Waals surface area contributed by atoms with Crippen LogP contribution in [0.2, 0.25) is 0 Å². The molecule has 0 radical (unpaired) electrons. The third kappa shape index (κ3) is 4.53. The highest BCUT2D eigenvalue weighted by Gasteiger charge is 2.22. The molecule has 1 atom stereocenters. The Balaban J connectivity index is 3.93. The number of hydrogen-bond donors (Lipinski definition) is 2. The van der Waals surface area contributed by atoms with Crippen molar-refractivity contribution in [3.05, 3.63) is 0 Å². The summed E-state index contributed by atoms with van der Waals surface area (Å²) in [7, 11) is -4.37. The second kappa shape index (κ2) is 3.17. The van der Waals surface area contributed by atoms with Crippen molar-refractivity contribution in [3.63, 3.8) is 0 Å². The minimum absolute atomic E-state index is 0.852. The van der Waals surface area contributed by atoms with E-state index >= 15 is 0 Å². The molecule has 0 fully saturated rings. The quantitative estimate of drug-likeness (QED) is 0.563. The summed E-state index contributed by atoms with van der Waals surface area (Å²) in [4.78, 5) is 0. The smallest absolute Gasteiger partial charge is 0.223 e. The Hall–Kier alpha value is -0.340. The maximum absolute atomic E-state index is 11.7. The number of hydrogen-bond acceptors (Lipinski definition) is 2. The predicted molar refractivity (Wildman–Crippen MR) is 27.1 cm³/mol. The fourth-order valence-electron chi connectivity index (χ4n) is 0.208. The van der Waals surface area contributed by atoms with Gasteiger partial charge in [0.2, 0.25) is 6.30 Å². The van der Waals surface area contributed by atoms with Gasteiger partial charge in [-0.2, -0.15) is 13.1 Å². The lowest BCUT2D eigenvalue weighted by Gasteiger charge is -2.05. The van der Waals surface area contributed by atoms with Crippen LogP contribution in [0.1, 0.15) is 0 Å². The van der Waals surface area contributed by atoms with Crippen molar-refractivity contribution in [1.29, 1.82) is 0 Å². The van der Waals surface area contributed by atoms with Crippen LogP contribution in [0.25, 0.3) is 0 Å². The summed E-state index contributed by atoms with van der Waals surface area (Å²) in [6.45, 7) is 0. The second-order valence-corrected chi connectivity index (χ2v) is 2.72. The Morgan fingerprint density at radius 2 is 1.70 bits per heavy atom. The van der Waals surface area contributed by atoms with E-state index in [0.29, 0.717) is 0 Å². The Labute approximate surface area is 55.4 Å². The summed E-state index contributed by atoms with van der Waals surface area (Å²) >= 11 is 0. The van der Waals surface area contributed by atoms with Crippen LogP contribution in [0.4, 0.5) is 13.2 Å². The molecule has 0 aromatic carbocycles. The highest BCUT2D eigenvalue weighted by molar-refractivity contribution is 7.87. The highest BCUT2D eigenvalue weighted by Crippen LogP contribution is 2.01. The molecule has 0 spiro atoms. The van der Waals surface area contributed by atoms with E-state index in [1.165, 1.54) is 0 Å². The van der Waals surface area contributed by atoms with Crippen LogP contribution in [0.5, 0.6) is 0 Å². The highest BCUT2D eigenvalue weighted by atomic mass is 32.2. The zero-order valence-corrected chi connectivity index (χ0v) is 5.41. The predicted octanol–water partition coefficient (Wildman–Crippen LogP) is -0.660. The van der Waals surface area contributed by atoms with Gasteiger partial charge in [-0.3, -0.25) is 0 Å². The molecular weight excluding hydrogens is 173 g/mol. The minimum Gasteiger partial charge on any atom is -0.223 e. The molecule has 8 heteroatoms. The van der Waals surface area contributed by atoms with Crippen LogP contribution < -0.4 is 9.86 Å². The fraction of sp³-hybridized carbons (Fsp3) is 1.00. The van der Waals surface area contributed by atoms with Crippen LogP contribution in [0, 0.1) is 0 Å². The van der Waals surface area contributed by atoms with Crippen molar-refractivity contribution < 1.29 is 21.6 Å². The van der Waals surface area contributed by atoms with E-state index in [1.807, 2.05) is 0 Å². The first-order valence-electron chi connectivity index (χ1n) is 2.05. The van der Waals surface area contributed by atoms with Crippen LogP contribution >= 0.6 is 0 Å². The van der Waals surface area contributed by atoms with Gasteiger partial charge in [0.05, 0.1) is 0 Å². The maximum Gasteiger partial charge on any atom is 0.283 e.